The number of phenols is 1. The molecule has 8 heteroatoms. The summed E-state index contributed by atoms with van der Waals surface area (Å²) in [5, 5.41) is 11.7. The Morgan fingerprint density at radius 3 is 2.55 bits per heavy atom. The summed E-state index contributed by atoms with van der Waals surface area (Å²) in [6, 6.07) is 14.6. The maximum Gasteiger partial charge on any atom is 0.332 e. The van der Waals surface area contributed by atoms with Crippen molar-refractivity contribution in [3.05, 3.63) is 91.7 Å². The molecule has 0 fully saturated rings. The number of nitrogens with zero attached hydrogens (tertiary/aromatic N) is 2. The maximum absolute atomic E-state index is 12.4. The number of carbonyl (C=O) groups excluding carboxylic acids is 1. The molecular formula is C21H16ClN3O4. The van der Waals surface area contributed by atoms with Crippen LogP contribution in [-0.4, -0.2) is 20.1 Å². The van der Waals surface area contributed by atoms with Gasteiger partial charge < -0.3 is 10.4 Å². The van der Waals surface area contributed by atoms with Crippen molar-refractivity contribution in [2.75, 3.05) is 5.32 Å². The van der Waals surface area contributed by atoms with Gasteiger partial charge in [-0.05, 0) is 30.3 Å². The van der Waals surface area contributed by atoms with Crippen molar-refractivity contribution >= 4 is 23.2 Å². The molecule has 2 N–H and O–H groups in total. The highest BCUT2D eigenvalue weighted by Gasteiger charge is 2.18. The number of phenolic OH excluding ortho intramolecular Hbond substituents is 1. The van der Waals surface area contributed by atoms with E-state index in [1.807, 2.05) is 0 Å². The molecule has 0 unspecified atom stereocenters. The Morgan fingerprint density at radius 1 is 1.14 bits per heavy atom. The van der Waals surface area contributed by atoms with Gasteiger partial charge in [-0.3, -0.25) is 18.7 Å². The van der Waals surface area contributed by atoms with E-state index < -0.39 is 17.2 Å². The first-order valence-electron chi connectivity index (χ1n) is 8.52. The van der Waals surface area contributed by atoms with E-state index >= 15 is 0 Å². The van der Waals surface area contributed by atoms with Gasteiger partial charge in [-0.15, -0.1) is 0 Å². The Morgan fingerprint density at radius 2 is 1.86 bits per heavy atom. The molecule has 146 valence electrons. The fourth-order valence-electron chi connectivity index (χ4n) is 2.56. The van der Waals surface area contributed by atoms with Crippen LogP contribution in [0, 0.1) is 11.8 Å². The van der Waals surface area contributed by atoms with Gasteiger partial charge in [0, 0.05) is 18.2 Å². The SMILES string of the molecule is Cn1c(=O)c(NC(=O)c2ccccc2)c(Cl)n(CC#Cc2cccc(O)c2)c1=O. The molecule has 3 rings (SSSR count). The molecule has 0 atom stereocenters. The average Bonchev–Trinajstić information content (AvgIpc) is 2.73. The predicted octanol–water partition coefficient (Wildman–Crippen LogP) is 2.21. The zero-order valence-electron chi connectivity index (χ0n) is 15.3. The van der Waals surface area contributed by atoms with Crippen LogP contribution >= 0.6 is 11.6 Å². The van der Waals surface area contributed by atoms with Crippen LogP contribution in [0.15, 0.2) is 64.2 Å². The molecule has 0 spiro atoms. The smallest absolute Gasteiger partial charge is 0.332 e. The summed E-state index contributed by atoms with van der Waals surface area (Å²) in [4.78, 5) is 37.3. The quantitative estimate of drug-likeness (QED) is 0.512. The van der Waals surface area contributed by atoms with Gasteiger partial charge in [0.25, 0.3) is 11.5 Å². The van der Waals surface area contributed by atoms with Gasteiger partial charge >= 0.3 is 5.69 Å². The first-order valence-corrected chi connectivity index (χ1v) is 8.90. The number of halogens is 1. The Bertz CT molecular complexity index is 1250. The third-order valence-electron chi connectivity index (χ3n) is 4.07. The molecule has 1 amide bonds. The second-order valence-corrected chi connectivity index (χ2v) is 6.43. The van der Waals surface area contributed by atoms with Crippen LogP contribution in [0.25, 0.3) is 0 Å². The highest BCUT2D eigenvalue weighted by Crippen LogP contribution is 2.16. The molecule has 1 aromatic heterocycles. The first-order chi connectivity index (χ1) is 13.9. The van der Waals surface area contributed by atoms with Crippen molar-refractivity contribution < 1.29 is 9.90 Å². The monoisotopic (exact) mass is 409 g/mol. The summed E-state index contributed by atoms with van der Waals surface area (Å²) in [6.45, 7) is -0.115. The molecule has 2 aromatic carbocycles. The minimum atomic E-state index is -0.721. The Labute approximate surface area is 170 Å². The number of benzene rings is 2. The summed E-state index contributed by atoms with van der Waals surface area (Å²) < 4.78 is 1.93. The Balaban J connectivity index is 1.96. The molecule has 3 aromatic rings. The number of aromatic nitrogens is 2. The van der Waals surface area contributed by atoms with Crippen LogP contribution in [0.4, 0.5) is 5.69 Å². The minimum Gasteiger partial charge on any atom is -0.508 e. The normalized spacial score (nSPS) is 10.1. The minimum absolute atomic E-state index is 0.0695. The fourth-order valence-corrected chi connectivity index (χ4v) is 2.82. The lowest BCUT2D eigenvalue weighted by atomic mass is 10.2. The summed E-state index contributed by atoms with van der Waals surface area (Å²) in [7, 11) is 1.29. The van der Waals surface area contributed by atoms with E-state index in [1.165, 1.54) is 19.2 Å². The number of aromatic hydroxyl groups is 1. The number of rotatable bonds is 3. The Hall–Kier alpha value is -3.76. The van der Waals surface area contributed by atoms with Crippen molar-refractivity contribution in [2.45, 2.75) is 6.54 Å². The largest absolute Gasteiger partial charge is 0.508 e. The van der Waals surface area contributed by atoms with Gasteiger partial charge in [-0.2, -0.15) is 0 Å². The van der Waals surface area contributed by atoms with E-state index in [0.717, 1.165) is 9.13 Å². The molecule has 0 aliphatic heterocycles. The number of anilines is 1. The van der Waals surface area contributed by atoms with E-state index in [9.17, 15) is 19.5 Å². The highest BCUT2D eigenvalue weighted by molar-refractivity contribution is 6.32. The van der Waals surface area contributed by atoms with Crippen LogP contribution in [0.1, 0.15) is 15.9 Å². The number of nitrogens with one attached hydrogen (secondary N) is 1. The summed E-state index contributed by atoms with van der Waals surface area (Å²) in [5.74, 6) is 5.12. The molecule has 0 saturated heterocycles. The van der Waals surface area contributed by atoms with Crippen LogP contribution in [0.2, 0.25) is 5.15 Å². The van der Waals surface area contributed by atoms with E-state index in [2.05, 4.69) is 17.2 Å². The van der Waals surface area contributed by atoms with E-state index in [1.54, 1.807) is 42.5 Å². The molecule has 1 heterocycles. The van der Waals surface area contributed by atoms with Crippen LogP contribution in [0.3, 0.4) is 0 Å². The maximum atomic E-state index is 12.4. The molecule has 0 radical (unpaired) electrons. The van der Waals surface area contributed by atoms with Crippen molar-refractivity contribution in [2.24, 2.45) is 7.05 Å². The van der Waals surface area contributed by atoms with Crippen molar-refractivity contribution in [3.8, 4) is 17.6 Å². The number of carbonyl (C=O) groups is 1. The summed E-state index contributed by atoms with van der Waals surface area (Å²) in [5.41, 5.74) is -0.699. The summed E-state index contributed by atoms with van der Waals surface area (Å²) in [6.07, 6.45) is 0. The predicted molar refractivity (Wildman–Crippen MR) is 110 cm³/mol. The fraction of sp³-hybridized carbons (Fsp3) is 0.0952. The number of hydrogen-bond donors (Lipinski definition) is 2. The van der Waals surface area contributed by atoms with Gasteiger partial charge in [0.15, 0.2) is 0 Å². The number of hydrogen-bond acceptors (Lipinski definition) is 4. The second kappa shape index (κ2) is 8.50. The molecule has 0 aliphatic carbocycles. The average molecular weight is 410 g/mol. The lowest BCUT2D eigenvalue weighted by molar-refractivity contribution is 0.102. The molecule has 0 bridgehead atoms. The van der Waals surface area contributed by atoms with Gasteiger partial charge in [0.05, 0.1) is 6.54 Å². The van der Waals surface area contributed by atoms with Gasteiger partial charge in [0.1, 0.15) is 16.6 Å². The van der Waals surface area contributed by atoms with E-state index in [0.29, 0.717) is 11.1 Å². The van der Waals surface area contributed by atoms with Gasteiger partial charge in [-0.25, -0.2) is 4.79 Å². The van der Waals surface area contributed by atoms with Crippen LogP contribution in [0.5, 0.6) is 5.75 Å². The highest BCUT2D eigenvalue weighted by atomic mass is 35.5. The first kappa shape index (κ1) is 20.0. The second-order valence-electron chi connectivity index (χ2n) is 6.07. The van der Waals surface area contributed by atoms with E-state index in [4.69, 9.17) is 11.6 Å². The lowest BCUT2D eigenvalue weighted by Gasteiger charge is -2.13. The van der Waals surface area contributed by atoms with E-state index in [-0.39, 0.29) is 23.1 Å². The standard InChI is InChI=1S/C21H16ClN3O4/c1-24-20(28)17(23-19(27)15-9-3-2-4-10-15)18(22)25(21(24)29)12-6-8-14-7-5-11-16(26)13-14/h2-5,7,9-11,13,26H,12H2,1H3,(H,23,27). The van der Waals surface area contributed by atoms with Crippen LogP contribution < -0.4 is 16.6 Å². The Kier molecular flexibility index (Phi) is 5.86. The topological polar surface area (TPSA) is 93.3 Å². The van der Waals surface area contributed by atoms with Crippen LogP contribution in [-0.2, 0) is 13.6 Å². The molecule has 29 heavy (non-hydrogen) atoms. The lowest BCUT2D eigenvalue weighted by Crippen LogP contribution is -2.40. The van der Waals surface area contributed by atoms with Crippen molar-refractivity contribution in [1.82, 2.24) is 9.13 Å². The van der Waals surface area contributed by atoms with Gasteiger partial charge in [-0.1, -0.05) is 47.7 Å². The number of amides is 1. The molecule has 7 nitrogen and oxygen atoms in total. The van der Waals surface area contributed by atoms with Gasteiger partial charge in [0.2, 0.25) is 0 Å². The third kappa shape index (κ3) is 4.39. The summed E-state index contributed by atoms with van der Waals surface area (Å²) >= 11 is 6.26. The molecule has 0 saturated carbocycles. The zero-order valence-corrected chi connectivity index (χ0v) is 16.1. The van der Waals surface area contributed by atoms with Crippen molar-refractivity contribution in [1.29, 1.82) is 0 Å². The molecule has 0 aliphatic rings. The molecular weight excluding hydrogens is 394 g/mol. The zero-order chi connectivity index (χ0) is 21.0. The third-order valence-corrected chi connectivity index (χ3v) is 4.46. The van der Waals surface area contributed by atoms with Crippen molar-refractivity contribution in [3.63, 3.8) is 0 Å².